The average molecular weight is 527 g/mol. The highest BCUT2D eigenvalue weighted by molar-refractivity contribution is 8.00. The fourth-order valence-electron chi connectivity index (χ4n) is 3.72. The Morgan fingerprint density at radius 1 is 0.611 bits per heavy atom. The van der Waals surface area contributed by atoms with E-state index in [9.17, 15) is 19.2 Å². The van der Waals surface area contributed by atoms with Gasteiger partial charge in [-0.1, -0.05) is 55.5 Å². The van der Waals surface area contributed by atoms with Gasteiger partial charge in [0.25, 0.3) is 0 Å². The predicted octanol–water partition coefficient (Wildman–Crippen LogP) is 6.10. The lowest BCUT2D eigenvalue weighted by atomic mass is 10.00. The third kappa shape index (κ3) is 13.2. The van der Waals surface area contributed by atoms with Gasteiger partial charge in [-0.05, 0) is 54.2 Å². The van der Waals surface area contributed by atoms with Crippen molar-refractivity contribution in [3.8, 4) is 0 Å². The molecule has 0 heterocycles. The van der Waals surface area contributed by atoms with Gasteiger partial charge in [-0.3, -0.25) is 19.2 Å². The van der Waals surface area contributed by atoms with E-state index in [0.717, 1.165) is 29.7 Å². The fraction of sp³-hybridized carbons (Fsp3) is 0.467. The molecule has 0 aromatic heterocycles. The SMILES string of the molecule is CCCSCC(=O)CCCC(=O)CSCCC(=O)Cc1ccc(Cc2ccc(CC(C)=O)cc2)cc1. The van der Waals surface area contributed by atoms with Crippen LogP contribution in [0, 0.1) is 0 Å². The van der Waals surface area contributed by atoms with Crippen molar-refractivity contribution in [3.05, 3.63) is 70.8 Å². The van der Waals surface area contributed by atoms with Crippen molar-refractivity contribution in [2.24, 2.45) is 0 Å². The summed E-state index contributed by atoms with van der Waals surface area (Å²) < 4.78 is 0. The van der Waals surface area contributed by atoms with Gasteiger partial charge in [-0.25, -0.2) is 0 Å². The standard InChI is InChI=1S/C30H38O4S2/c1-3-16-35-21-29(33)5-4-6-30(34)22-36-17-15-28(32)20-27-13-11-26(12-14-27)19-25-9-7-24(8-10-25)18-23(2)31/h7-14H,3-6,15-22H2,1-2H3. The predicted molar refractivity (Wildman–Crippen MR) is 152 cm³/mol. The Balaban J connectivity index is 1.60. The molecule has 0 saturated carbocycles. The van der Waals surface area contributed by atoms with Crippen molar-refractivity contribution in [2.45, 2.75) is 65.2 Å². The van der Waals surface area contributed by atoms with Crippen molar-refractivity contribution in [1.29, 1.82) is 0 Å². The number of hydrogen-bond acceptors (Lipinski definition) is 6. The molecule has 0 fully saturated rings. The minimum atomic E-state index is 0.158. The maximum atomic E-state index is 12.3. The number of carbonyl (C=O) groups is 4. The summed E-state index contributed by atoms with van der Waals surface area (Å²) in [7, 11) is 0. The number of carbonyl (C=O) groups excluding carboxylic acids is 4. The Bertz CT molecular complexity index is 981. The fourth-order valence-corrected chi connectivity index (χ4v) is 5.41. The number of Topliss-reactive ketones (excluding diaryl/α,β-unsaturated/α-hetero) is 4. The topological polar surface area (TPSA) is 68.3 Å². The Labute approximate surface area is 224 Å². The molecule has 0 amide bonds. The monoisotopic (exact) mass is 526 g/mol. The van der Waals surface area contributed by atoms with Gasteiger partial charge in [0, 0.05) is 37.9 Å². The summed E-state index contributed by atoms with van der Waals surface area (Å²) in [5.74, 6) is 3.35. The van der Waals surface area contributed by atoms with Crippen LogP contribution in [0.15, 0.2) is 48.5 Å². The van der Waals surface area contributed by atoms with E-state index in [1.54, 1.807) is 18.7 Å². The maximum Gasteiger partial charge on any atom is 0.142 e. The van der Waals surface area contributed by atoms with E-state index in [4.69, 9.17) is 0 Å². The lowest BCUT2D eigenvalue weighted by Crippen LogP contribution is -2.08. The molecule has 36 heavy (non-hydrogen) atoms. The highest BCUT2D eigenvalue weighted by atomic mass is 32.2. The first-order valence-corrected chi connectivity index (χ1v) is 15.0. The molecule has 2 aromatic carbocycles. The van der Waals surface area contributed by atoms with Crippen LogP contribution in [0.25, 0.3) is 0 Å². The molecule has 194 valence electrons. The van der Waals surface area contributed by atoms with Gasteiger partial charge in [0.15, 0.2) is 0 Å². The van der Waals surface area contributed by atoms with Crippen molar-refractivity contribution < 1.29 is 19.2 Å². The minimum absolute atomic E-state index is 0.158. The van der Waals surface area contributed by atoms with Crippen LogP contribution in [0.1, 0.15) is 68.2 Å². The quantitative estimate of drug-likeness (QED) is 0.206. The van der Waals surface area contributed by atoms with E-state index < -0.39 is 0 Å². The van der Waals surface area contributed by atoms with E-state index in [-0.39, 0.29) is 23.1 Å². The second-order valence-corrected chi connectivity index (χ2v) is 11.4. The number of thioether (sulfide) groups is 2. The summed E-state index contributed by atoms with van der Waals surface area (Å²) in [6, 6.07) is 16.3. The Morgan fingerprint density at radius 2 is 1.08 bits per heavy atom. The van der Waals surface area contributed by atoms with Gasteiger partial charge in [-0.2, -0.15) is 23.5 Å². The molecule has 0 aliphatic carbocycles. The summed E-state index contributed by atoms with van der Waals surface area (Å²) in [5, 5.41) is 0. The van der Waals surface area contributed by atoms with Crippen LogP contribution in [-0.2, 0) is 38.4 Å². The van der Waals surface area contributed by atoms with E-state index >= 15 is 0 Å². The summed E-state index contributed by atoms with van der Waals surface area (Å²) in [6.45, 7) is 3.70. The van der Waals surface area contributed by atoms with Crippen LogP contribution >= 0.6 is 23.5 Å². The lowest BCUT2D eigenvalue weighted by Gasteiger charge is -2.06. The van der Waals surface area contributed by atoms with Gasteiger partial charge in [0.05, 0.1) is 11.5 Å². The second kappa shape index (κ2) is 17.3. The highest BCUT2D eigenvalue weighted by Gasteiger charge is 2.08. The first kappa shape index (κ1) is 30.0. The molecule has 6 heteroatoms. The lowest BCUT2D eigenvalue weighted by molar-refractivity contribution is -0.119. The van der Waals surface area contributed by atoms with Crippen molar-refractivity contribution >= 4 is 46.7 Å². The van der Waals surface area contributed by atoms with Crippen LogP contribution < -0.4 is 0 Å². The molecule has 2 aromatic rings. The van der Waals surface area contributed by atoms with Gasteiger partial charge in [0.2, 0.25) is 0 Å². The number of hydrogen-bond donors (Lipinski definition) is 0. The molecule has 2 rings (SSSR count). The smallest absolute Gasteiger partial charge is 0.142 e. The number of rotatable bonds is 19. The summed E-state index contributed by atoms with van der Waals surface area (Å²) >= 11 is 3.17. The van der Waals surface area contributed by atoms with Crippen LogP contribution in [0.2, 0.25) is 0 Å². The van der Waals surface area contributed by atoms with E-state index in [2.05, 4.69) is 31.2 Å². The largest absolute Gasteiger partial charge is 0.300 e. The second-order valence-electron chi connectivity index (χ2n) is 9.19. The summed E-state index contributed by atoms with van der Waals surface area (Å²) in [6.07, 6.45) is 4.78. The van der Waals surface area contributed by atoms with Crippen LogP contribution in [0.5, 0.6) is 0 Å². The zero-order chi connectivity index (χ0) is 26.2. The molecule has 0 saturated heterocycles. The zero-order valence-corrected chi connectivity index (χ0v) is 23.2. The minimum Gasteiger partial charge on any atom is -0.300 e. The molecule has 0 aliphatic rings. The van der Waals surface area contributed by atoms with Crippen LogP contribution in [0.3, 0.4) is 0 Å². The van der Waals surface area contributed by atoms with Gasteiger partial charge >= 0.3 is 0 Å². The highest BCUT2D eigenvalue weighted by Crippen LogP contribution is 2.14. The van der Waals surface area contributed by atoms with Crippen LogP contribution in [0.4, 0.5) is 0 Å². The van der Waals surface area contributed by atoms with E-state index in [0.29, 0.717) is 55.8 Å². The molecule has 0 bridgehead atoms. The Kier molecular flexibility index (Phi) is 14.4. The molecule has 0 spiro atoms. The Hall–Kier alpha value is -2.18. The average Bonchev–Trinajstić information content (AvgIpc) is 2.84. The van der Waals surface area contributed by atoms with E-state index in [1.807, 2.05) is 24.3 Å². The molecule has 0 N–H and O–H groups in total. The third-order valence-corrected chi connectivity index (χ3v) is 7.86. The zero-order valence-electron chi connectivity index (χ0n) is 21.6. The molecule has 0 unspecified atom stereocenters. The molecule has 0 aliphatic heterocycles. The first-order valence-electron chi connectivity index (χ1n) is 12.7. The van der Waals surface area contributed by atoms with Crippen LogP contribution in [-0.4, -0.2) is 46.1 Å². The number of ketones is 4. The molecular weight excluding hydrogens is 488 g/mol. The Morgan fingerprint density at radius 3 is 1.58 bits per heavy atom. The first-order chi connectivity index (χ1) is 17.4. The summed E-state index contributed by atoms with van der Waals surface area (Å²) in [4.78, 5) is 47.3. The third-order valence-electron chi connectivity index (χ3n) is 5.62. The van der Waals surface area contributed by atoms with Gasteiger partial charge in [-0.15, -0.1) is 0 Å². The number of benzene rings is 2. The van der Waals surface area contributed by atoms with E-state index in [1.165, 1.54) is 22.9 Å². The normalized spacial score (nSPS) is 10.8. The van der Waals surface area contributed by atoms with Crippen molar-refractivity contribution in [3.63, 3.8) is 0 Å². The molecular formula is C30H38O4S2. The molecule has 4 nitrogen and oxygen atoms in total. The maximum absolute atomic E-state index is 12.3. The molecule has 0 atom stereocenters. The van der Waals surface area contributed by atoms with Crippen molar-refractivity contribution in [1.82, 2.24) is 0 Å². The van der Waals surface area contributed by atoms with Gasteiger partial charge < -0.3 is 0 Å². The molecule has 0 radical (unpaired) electrons. The summed E-state index contributed by atoms with van der Waals surface area (Å²) in [5.41, 5.74) is 4.41. The van der Waals surface area contributed by atoms with Gasteiger partial charge in [0.1, 0.15) is 23.1 Å². The van der Waals surface area contributed by atoms with Crippen molar-refractivity contribution in [2.75, 3.05) is 23.0 Å².